The summed E-state index contributed by atoms with van der Waals surface area (Å²) in [5.41, 5.74) is 1.49. The Kier molecular flexibility index (Phi) is 6.02. The molecule has 0 bridgehead atoms. The number of aromatic amines is 1. The average Bonchev–Trinajstić information content (AvgIpc) is 3.27. The van der Waals surface area contributed by atoms with E-state index in [1.807, 2.05) is 0 Å². The average molecular weight is 501 g/mol. The third kappa shape index (κ3) is 4.51. The van der Waals surface area contributed by atoms with Gasteiger partial charge >= 0.3 is 6.18 Å². The van der Waals surface area contributed by atoms with Crippen LogP contribution in [-0.4, -0.2) is 49.6 Å². The number of benzene rings is 3. The number of anilines is 1. The van der Waals surface area contributed by atoms with Crippen LogP contribution in [0.4, 0.5) is 18.9 Å². The second kappa shape index (κ2) is 9.01. The predicted molar refractivity (Wildman–Crippen MR) is 128 cm³/mol. The Morgan fingerprint density at radius 2 is 1.66 bits per heavy atom. The van der Waals surface area contributed by atoms with Crippen molar-refractivity contribution in [3.63, 3.8) is 0 Å². The molecule has 0 spiro atoms. The van der Waals surface area contributed by atoms with Gasteiger partial charge in [0.2, 0.25) is 9.84 Å². The minimum atomic E-state index is -4.54. The van der Waals surface area contributed by atoms with Gasteiger partial charge in [0.15, 0.2) is 0 Å². The number of aromatic nitrogens is 2. The molecule has 182 valence electrons. The fourth-order valence-electron chi connectivity index (χ4n) is 4.50. The number of nitrogens with zero attached hydrogens (tertiary/aromatic N) is 2. The van der Waals surface area contributed by atoms with E-state index < -0.39 is 27.3 Å². The zero-order valence-corrected chi connectivity index (χ0v) is 19.4. The smallest absolute Gasteiger partial charge is 0.352 e. The van der Waals surface area contributed by atoms with Gasteiger partial charge in [-0.3, -0.25) is 0 Å². The molecule has 0 amide bonds. The van der Waals surface area contributed by atoms with Gasteiger partial charge in [-0.05, 0) is 35.9 Å². The lowest BCUT2D eigenvalue weighted by Crippen LogP contribution is -2.55. The van der Waals surface area contributed by atoms with Crippen LogP contribution in [0.25, 0.3) is 11.0 Å². The number of alkyl halides is 3. The third-order valence-electron chi connectivity index (χ3n) is 6.18. The highest BCUT2D eigenvalue weighted by Gasteiger charge is 2.44. The maximum Gasteiger partial charge on any atom is 0.402 e. The summed E-state index contributed by atoms with van der Waals surface area (Å²) in [4.78, 5) is 9.07. The highest BCUT2D eigenvalue weighted by molar-refractivity contribution is 7.92. The van der Waals surface area contributed by atoms with Crippen LogP contribution in [0.5, 0.6) is 0 Å². The molecule has 2 unspecified atom stereocenters. The maximum atomic E-state index is 14.0. The normalized spacial score (nSPS) is 18.0. The van der Waals surface area contributed by atoms with Gasteiger partial charge in [0.05, 0.1) is 15.9 Å². The minimum absolute atomic E-state index is 0.0930. The Hall–Kier alpha value is -3.37. The molecular formula is C25H23F3N4O2S. The number of H-pyrrole nitrogens is 1. The van der Waals surface area contributed by atoms with E-state index in [1.54, 1.807) is 71.6 Å². The fourth-order valence-corrected chi connectivity index (χ4v) is 6.25. The summed E-state index contributed by atoms with van der Waals surface area (Å²) in [6, 6.07) is 20.9. The first-order valence-corrected chi connectivity index (χ1v) is 12.7. The van der Waals surface area contributed by atoms with E-state index in [1.165, 1.54) is 12.1 Å². The van der Waals surface area contributed by atoms with Crippen LogP contribution in [0.2, 0.25) is 0 Å². The molecular weight excluding hydrogens is 477 g/mol. The lowest BCUT2D eigenvalue weighted by molar-refractivity contribution is -0.142. The van der Waals surface area contributed by atoms with Gasteiger partial charge in [-0.25, -0.2) is 13.4 Å². The summed E-state index contributed by atoms with van der Waals surface area (Å²) in [6.45, 7) is 1.24. The van der Waals surface area contributed by atoms with Crippen molar-refractivity contribution < 1.29 is 21.6 Å². The highest BCUT2D eigenvalue weighted by atomic mass is 32.2. The van der Waals surface area contributed by atoms with Gasteiger partial charge in [-0.1, -0.05) is 48.5 Å². The number of imidazole rings is 1. The molecule has 1 saturated heterocycles. The van der Waals surface area contributed by atoms with Crippen LogP contribution >= 0.6 is 0 Å². The number of rotatable bonds is 5. The number of hydrogen-bond acceptors (Lipinski definition) is 5. The van der Waals surface area contributed by atoms with Gasteiger partial charge in [0, 0.05) is 25.3 Å². The Balaban J connectivity index is 1.53. The van der Waals surface area contributed by atoms with Crippen LogP contribution in [0.15, 0.2) is 83.8 Å². The Morgan fingerprint density at radius 1 is 0.971 bits per heavy atom. The van der Waals surface area contributed by atoms with E-state index in [4.69, 9.17) is 0 Å². The van der Waals surface area contributed by atoms with Crippen molar-refractivity contribution in [1.82, 2.24) is 15.3 Å². The second-order valence-electron chi connectivity index (χ2n) is 8.42. The molecule has 0 aliphatic carbocycles. The van der Waals surface area contributed by atoms with Crippen LogP contribution in [0.3, 0.4) is 0 Å². The summed E-state index contributed by atoms with van der Waals surface area (Å²) in [5.74, 6) is -2.10. The van der Waals surface area contributed by atoms with E-state index in [9.17, 15) is 21.6 Å². The van der Waals surface area contributed by atoms with Crippen molar-refractivity contribution >= 4 is 26.6 Å². The molecule has 1 aliphatic rings. The fraction of sp³-hybridized carbons (Fsp3) is 0.240. The quantitative estimate of drug-likeness (QED) is 0.423. The van der Waals surface area contributed by atoms with Crippen LogP contribution < -0.4 is 10.2 Å². The number of sulfone groups is 1. The Morgan fingerprint density at radius 3 is 2.34 bits per heavy atom. The van der Waals surface area contributed by atoms with Gasteiger partial charge < -0.3 is 15.2 Å². The van der Waals surface area contributed by atoms with Gasteiger partial charge in [0.1, 0.15) is 17.1 Å². The van der Waals surface area contributed by atoms with Crippen molar-refractivity contribution in [3.8, 4) is 0 Å². The molecule has 0 saturated carbocycles. The SMILES string of the molecule is O=S(=O)(c1ccccc1)C1CNCCN1c1ccc2nc(C(c3ccccc3)C(F)(F)F)[nH]c2c1. The molecule has 1 aliphatic heterocycles. The lowest BCUT2D eigenvalue weighted by atomic mass is 9.98. The first-order chi connectivity index (χ1) is 16.7. The first kappa shape index (κ1) is 23.4. The van der Waals surface area contributed by atoms with E-state index in [0.717, 1.165) is 0 Å². The third-order valence-corrected chi connectivity index (χ3v) is 8.24. The number of nitrogens with one attached hydrogen (secondary N) is 2. The first-order valence-electron chi connectivity index (χ1n) is 11.1. The van der Waals surface area contributed by atoms with Gasteiger partial charge in [-0.2, -0.15) is 13.2 Å². The molecule has 2 N–H and O–H groups in total. The number of piperazine rings is 1. The molecule has 1 fully saturated rings. The zero-order chi connectivity index (χ0) is 24.6. The number of halogens is 3. The zero-order valence-electron chi connectivity index (χ0n) is 18.5. The molecule has 35 heavy (non-hydrogen) atoms. The van der Waals surface area contributed by atoms with E-state index in [2.05, 4.69) is 15.3 Å². The lowest BCUT2D eigenvalue weighted by Gasteiger charge is -2.37. The van der Waals surface area contributed by atoms with Crippen LogP contribution in [0.1, 0.15) is 17.3 Å². The van der Waals surface area contributed by atoms with Crippen molar-refractivity contribution in [2.24, 2.45) is 0 Å². The van der Waals surface area contributed by atoms with E-state index >= 15 is 0 Å². The Bertz CT molecular complexity index is 1420. The summed E-state index contributed by atoms with van der Waals surface area (Å²) in [6.07, 6.45) is -4.54. The predicted octanol–water partition coefficient (Wildman–Crippen LogP) is 4.47. The number of fused-ring (bicyclic) bond motifs is 1. The van der Waals surface area contributed by atoms with Crippen LogP contribution in [-0.2, 0) is 9.84 Å². The molecule has 5 rings (SSSR count). The van der Waals surface area contributed by atoms with Gasteiger partial charge in [-0.15, -0.1) is 0 Å². The summed E-state index contributed by atoms with van der Waals surface area (Å²) in [5, 5.41) is 2.28. The van der Waals surface area contributed by atoms with Crippen molar-refractivity contribution in [2.75, 3.05) is 24.5 Å². The molecule has 6 nitrogen and oxygen atoms in total. The molecule has 4 aromatic rings. The molecule has 1 aromatic heterocycles. The topological polar surface area (TPSA) is 78.1 Å². The molecule has 2 heterocycles. The minimum Gasteiger partial charge on any atom is -0.352 e. The van der Waals surface area contributed by atoms with Crippen molar-refractivity contribution in [1.29, 1.82) is 0 Å². The van der Waals surface area contributed by atoms with Crippen molar-refractivity contribution in [2.45, 2.75) is 22.4 Å². The summed E-state index contributed by atoms with van der Waals surface area (Å²) >= 11 is 0. The van der Waals surface area contributed by atoms with E-state index in [0.29, 0.717) is 29.8 Å². The highest BCUT2D eigenvalue weighted by Crippen LogP contribution is 2.39. The standard InChI is InChI=1S/C25H23F3N4O2S/c26-25(27,28)23(17-7-3-1-4-8-17)24-30-20-12-11-18(15-21(20)31-24)32-14-13-29-16-22(32)35(33,34)19-9-5-2-6-10-19/h1-12,15,22-23,29H,13-14,16H2,(H,30,31). The summed E-state index contributed by atoms with van der Waals surface area (Å²) in [7, 11) is -3.69. The van der Waals surface area contributed by atoms with E-state index in [-0.39, 0.29) is 22.8 Å². The second-order valence-corrected chi connectivity index (χ2v) is 10.5. The maximum absolute atomic E-state index is 14.0. The Labute approximate surface area is 200 Å². The molecule has 10 heteroatoms. The van der Waals surface area contributed by atoms with Gasteiger partial charge in [0.25, 0.3) is 0 Å². The largest absolute Gasteiger partial charge is 0.402 e. The number of hydrogen-bond donors (Lipinski definition) is 2. The van der Waals surface area contributed by atoms with Crippen LogP contribution in [0, 0.1) is 0 Å². The molecule has 2 atom stereocenters. The molecule has 3 aromatic carbocycles. The summed E-state index contributed by atoms with van der Waals surface area (Å²) < 4.78 is 68.7. The molecule has 0 radical (unpaired) electrons. The van der Waals surface area contributed by atoms with Crippen molar-refractivity contribution in [3.05, 3.63) is 90.3 Å². The monoisotopic (exact) mass is 500 g/mol.